The van der Waals surface area contributed by atoms with Crippen LogP contribution in [0.4, 0.5) is 11.4 Å². The number of hydrogen-bond donors (Lipinski definition) is 1. The first-order valence-corrected chi connectivity index (χ1v) is 9.66. The molecule has 0 saturated carbocycles. The summed E-state index contributed by atoms with van der Waals surface area (Å²) in [6.07, 6.45) is 2.18. The summed E-state index contributed by atoms with van der Waals surface area (Å²) in [6.45, 7) is 0.356. The van der Waals surface area contributed by atoms with Crippen molar-refractivity contribution < 1.29 is 9.59 Å². The Morgan fingerprint density at radius 2 is 1.92 bits per heavy atom. The van der Waals surface area contributed by atoms with E-state index in [0.29, 0.717) is 22.3 Å². The van der Waals surface area contributed by atoms with E-state index in [-0.39, 0.29) is 18.2 Å². The molecule has 1 fully saturated rings. The molecule has 1 N–H and O–H groups in total. The van der Waals surface area contributed by atoms with Crippen LogP contribution in [0.5, 0.6) is 0 Å². The van der Waals surface area contributed by atoms with Gasteiger partial charge in [0, 0.05) is 28.6 Å². The molecule has 0 radical (unpaired) electrons. The van der Waals surface area contributed by atoms with Crippen molar-refractivity contribution in [3.8, 4) is 0 Å². The Hall–Kier alpha value is -1.69. The highest BCUT2D eigenvalue weighted by Gasteiger charge is 2.35. The van der Waals surface area contributed by atoms with Crippen molar-refractivity contribution in [2.45, 2.75) is 11.3 Å². The van der Waals surface area contributed by atoms with Gasteiger partial charge < -0.3 is 10.2 Å². The molecule has 7 heteroatoms. The first kappa shape index (κ1) is 18.1. The van der Waals surface area contributed by atoms with Gasteiger partial charge in [0.2, 0.25) is 11.8 Å². The number of anilines is 2. The molecule has 1 atom stereocenters. The fraction of sp³-hybridized carbons (Fsp3) is 0.222. The lowest BCUT2D eigenvalue weighted by molar-refractivity contribution is -0.122. The minimum atomic E-state index is -0.417. The van der Waals surface area contributed by atoms with Crippen molar-refractivity contribution in [2.24, 2.45) is 5.92 Å². The van der Waals surface area contributed by atoms with E-state index in [9.17, 15) is 9.59 Å². The molecule has 0 bridgehead atoms. The summed E-state index contributed by atoms with van der Waals surface area (Å²) < 4.78 is 0. The van der Waals surface area contributed by atoms with Crippen molar-refractivity contribution in [3.05, 3.63) is 52.5 Å². The molecule has 1 aliphatic rings. The maximum Gasteiger partial charge on any atom is 0.229 e. The fourth-order valence-corrected chi connectivity index (χ4v) is 3.58. The number of thioether (sulfide) groups is 1. The van der Waals surface area contributed by atoms with Gasteiger partial charge in [-0.25, -0.2) is 0 Å². The zero-order chi connectivity index (χ0) is 18.0. The molecule has 4 nitrogen and oxygen atoms in total. The molecular weight excluding hydrogens is 379 g/mol. The van der Waals surface area contributed by atoms with E-state index in [1.807, 2.05) is 30.5 Å². The molecule has 1 aliphatic heterocycles. The van der Waals surface area contributed by atoms with Crippen molar-refractivity contribution in [3.63, 3.8) is 0 Å². The van der Waals surface area contributed by atoms with Crippen LogP contribution in [0, 0.1) is 5.92 Å². The van der Waals surface area contributed by atoms with E-state index in [4.69, 9.17) is 23.2 Å². The summed E-state index contributed by atoms with van der Waals surface area (Å²) in [4.78, 5) is 27.6. The highest BCUT2D eigenvalue weighted by Crippen LogP contribution is 2.29. The maximum absolute atomic E-state index is 12.5. The van der Waals surface area contributed by atoms with Crippen LogP contribution in [0.1, 0.15) is 6.42 Å². The van der Waals surface area contributed by atoms with Gasteiger partial charge in [0.1, 0.15) is 0 Å². The van der Waals surface area contributed by atoms with Crippen LogP contribution in [0.15, 0.2) is 47.4 Å². The third kappa shape index (κ3) is 4.11. The summed E-state index contributed by atoms with van der Waals surface area (Å²) in [5, 5.41) is 3.65. The van der Waals surface area contributed by atoms with Crippen LogP contribution in [-0.2, 0) is 9.59 Å². The Labute approximate surface area is 160 Å². The molecule has 2 aromatic carbocycles. The van der Waals surface area contributed by atoms with E-state index < -0.39 is 5.92 Å². The van der Waals surface area contributed by atoms with Gasteiger partial charge in [-0.05, 0) is 48.7 Å². The smallest absolute Gasteiger partial charge is 0.229 e. The van der Waals surface area contributed by atoms with Gasteiger partial charge in [-0.2, -0.15) is 0 Å². The molecule has 1 saturated heterocycles. The Balaban J connectivity index is 1.69. The van der Waals surface area contributed by atoms with E-state index in [1.54, 1.807) is 34.9 Å². The number of nitrogens with zero attached hydrogens (tertiary/aromatic N) is 1. The highest BCUT2D eigenvalue weighted by atomic mass is 35.5. The number of rotatable bonds is 4. The predicted octanol–water partition coefficient (Wildman–Crippen LogP) is 4.71. The lowest BCUT2D eigenvalue weighted by atomic mass is 10.1. The number of carbonyl (C=O) groups excluding carboxylic acids is 2. The Kier molecular flexibility index (Phi) is 5.57. The van der Waals surface area contributed by atoms with E-state index in [0.717, 1.165) is 10.6 Å². The average Bonchev–Trinajstić information content (AvgIpc) is 2.99. The van der Waals surface area contributed by atoms with Gasteiger partial charge in [0.05, 0.1) is 16.6 Å². The van der Waals surface area contributed by atoms with Crippen LogP contribution < -0.4 is 10.2 Å². The SMILES string of the molecule is CSc1ccc(N2CC(C(=O)Nc3ccc(Cl)cc3Cl)CC2=O)cc1. The van der Waals surface area contributed by atoms with Crippen LogP contribution >= 0.6 is 35.0 Å². The zero-order valence-electron chi connectivity index (χ0n) is 13.5. The largest absolute Gasteiger partial charge is 0.324 e. The lowest BCUT2D eigenvalue weighted by Crippen LogP contribution is -2.28. The molecule has 2 amide bonds. The normalized spacial score (nSPS) is 17.0. The molecule has 25 heavy (non-hydrogen) atoms. The van der Waals surface area contributed by atoms with E-state index in [1.165, 1.54) is 0 Å². The molecule has 3 rings (SSSR count). The van der Waals surface area contributed by atoms with Crippen LogP contribution in [-0.4, -0.2) is 24.6 Å². The maximum atomic E-state index is 12.5. The number of amides is 2. The minimum absolute atomic E-state index is 0.0562. The van der Waals surface area contributed by atoms with Crippen molar-refractivity contribution in [2.75, 3.05) is 23.0 Å². The third-order valence-electron chi connectivity index (χ3n) is 4.07. The first-order chi connectivity index (χ1) is 12.0. The minimum Gasteiger partial charge on any atom is -0.324 e. The van der Waals surface area contributed by atoms with Crippen molar-refractivity contribution >= 4 is 58.2 Å². The average molecular weight is 395 g/mol. The molecule has 0 spiro atoms. The Morgan fingerprint density at radius 3 is 2.56 bits per heavy atom. The predicted molar refractivity (Wildman–Crippen MR) is 104 cm³/mol. The summed E-state index contributed by atoms with van der Waals surface area (Å²) in [5.41, 5.74) is 1.30. The van der Waals surface area contributed by atoms with Crippen molar-refractivity contribution in [1.29, 1.82) is 0 Å². The molecule has 130 valence electrons. The third-order valence-corrected chi connectivity index (χ3v) is 5.36. The molecule has 0 aliphatic carbocycles. The van der Waals surface area contributed by atoms with Gasteiger partial charge in [-0.1, -0.05) is 23.2 Å². The Bertz CT molecular complexity index is 811. The van der Waals surface area contributed by atoms with Gasteiger partial charge in [-0.3, -0.25) is 9.59 Å². The quantitative estimate of drug-likeness (QED) is 0.763. The van der Waals surface area contributed by atoms with Gasteiger partial charge in [0.25, 0.3) is 0 Å². The number of benzene rings is 2. The second-order valence-corrected chi connectivity index (χ2v) is 7.44. The molecule has 0 aromatic heterocycles. The number of nitrogens with one attached hydrogen (secondary N) is 1. The molecular formula is C18H16Cl2N2O2S. The molecule has 1 unspecified atom stereocenters. The second kappa shape index (κ2) is 7.68. The highest BCUT2D eigenvalue weighted by molar-refractivity contribution is 7.98. The van der Waals surface area contributed by atoms with Gasteiger partial charge in [-0.15, -0.1) is 11.8 Å². The topological polar surface area (TPSA) is 49.4 Å². The van der Waals surface area contributed by atoms with Gasteiger partial charge in [0.15, 0.2) is 0 Å². The van der Waals surface area contributed by atoms with Crippen LogP contribution in [0.2, 0.25) is 10.0 Å². The fourth-order valence-electron chi connectivity index (χ4n) is 2.72. The van der Waals surface area contributed by atoms with Gasteiger partial charge >= 0.3 is 0 Å². The summed E-state index contributed by atoms with van der Waals surface area (Å²) in [6, 6.07) is 12.6. The molecule has 2 aromatic rings. The lowest BCUT2D eigenvalue weighted by Gasteiger charge is -2.17. The second-order valence-electron chi connectivity index (χ2n) is 5.72. The standard InChI is InChI=1S/C18H16Cl2N2O2S/c1-25-14-5-3-13(4-6-14)22-10-11(8-17(22)23)18(24)21-16-7-2-12(19)9-15(16)20/h2-7,9,11H,8,10H2,1H3,(H,21,24). The monoisotopic (exact) mass is 394 g/mol. The van der Waals surface area contributed by atoms with E-state index in [2.05, 4.69) is 5.32 Å². The summed E-state index contributed by atoms with van der Waals surface area (Å²) in [7, 11) is 0. The number of halogens is 2. The summed E-state index contributed by atoms with van der Waals surface area (Å²) >= 11 is 13.6. The van der Waals surface area contributed by atoms with Crippen molar-refractivity contribution in [1.82, 2.24) is 0 Å². The first-order valence-electron chi connectivity index (χ1n) is 7.68. The number of hydrogen-bond acceptors (Lipinski definition) is 3. The number of carbonyl (C=O) groups is 2. The summed E-state index contributed by atoms with van der Waals surface area (Å²) in [5.74, 6) is -0.695. The Morgan fingerprint density at radius 1 is 1.20 bits per heavy atom. The van der Waals surface area contributed by atoms with Crippen LogP contribution in [0.25, 0.3) is 0 Å². The van der Waals surface area contributed by atoms with Crippen LogP contribution in [0.3, 0.4) is 0 Å². The molecule has 1 heterocycles. The zero-order valence-corrected chi connectivity index (χ0v) is 15.8. The van der Waals surface area contributed by atoms with E-state index >= 15 is 0 Å².